The Morgan fingerprint density at radius 3 is 1.50 bits per heavy atom. The van der Waals surface area contributed by atoms with E-state index in [-0.39, 0.29) is 41.1 Å². The van der Waals surface area contributed by atoms with E-state index in [1.54, 1.807) is 22.3 Å². The van der Waals surface area contributed by atoms with Crippen LogP contribution in [0.1, 0.15) is 46.2 Å². The predicted molar refractivity (Wildman–Crippen MR) is 105 cm³/mol. The third-order valence-electron chi connectivity index (χ3n) is 6.06. The third kappa shape index (κ3) is 3.42. The quantitative estimate of drug-likeness (QED) is 0.410. The van der Waals surface area contributed by atoms with E-state index in [0.717, 1.165) is 11.1 Å². The Hall–Kier alpha value is -0.460. The maximum absolute atomic E-state index is 2.65. The van der Waals surface area contributed by atoms with Gasteiger partial charge in [0.1, 0.15) is 0 Å². The monoisotopic (exact) mass is 412 g/mol. The Labute approximate surface area is 169 Å². The van der Waals surface area contributed by atoms with Crippen molar-refractivity contribution in [3.8, 4) is 0 Å². The van der Waals surface area contributed by atoms with Crippen LogP contribution < -0.4 is 0 Å². The van der Waals surface area contributed by atoms with Crippen LogP contribution in [0.4, 0.5) is 0 Å². The summed E-state index contributed by atoms with van der Waals surface area (Å²) in [6, 6.07) is 18.4. The molecule has 0 aromatic heterocycles. The molecule has 2 aromatic rings. The number of hydrogen-bond donors (Lipinski definition) is 0. The van der Waals surface area contributed by atoms with E-state index in [1.807, 2.05) is 0 Å². The normalized spacial score (nSPS) is 20.9. The molecular weight excluding hydrogens is 384 g/mol. The molecule has 0 N–H and O–H groups in total. The molecule has 2 unspecified atom stereocenters. The Morgan fingerprint density at radius 2 is 1.08 bits per heavy atom. The SMILES string of the molecule is C[Si](C)(C1CCc2ccccc21)C1CCc2ccccc21.[CH3-].[CH3-].[Zr+4]. The second kappa shape index (κ2) is 8.28. The summed E-state index contributed by atoms with van der Waals surface area (Å²) in [6.45, 7) is 5.29. The van der Waals surface area contributed by atoms with Gasteiger partial charge in [0.25, 0.3) is 0 Å². The predicted octanol–water partition coefficient (Wildman–Crippen LogP) is 6.13. The Morgan fingerprint density at radius 1 is 0.708 bits per heavy atom. The third-order valence-corrected chi connectivity index (χ3v) is 10.9. The zero-order valence-corrected chi connectivity index (χ0v) is 19.1. The van der Waals surface area contributed by atoms with Crippen LogP contribution >= 0.6 is 0 Å². The number of benzene rings is 2. The minimum Gasteiger partial charge on any atom is -0.358 e. The van der Waals surface area contributed by atoms with Crippen molar-refractivity contribution < 1.29 is 26.2 Å². The summed E-state index contributed by atoms with van der Waals surface area (Å²) in [4.78, 5) is 0. The average molecular weight is 414 g/mol. The molecule has 0 amide bonds. The van der Waals surface area contributed by atoms with Gasteiger partial charge in [-0.25, -0.2) is 0 Å². The van der Waals surface area contributed by atoms with Crippen molar-refractivity contribution in [1.82, 2.24) is 0 Å². The van der Waals surface area contributed by atoms with Gasteiger partial charge in [-0.05, 0) is 59.0 Å². The van der Waals surface area contributed by atoms with Crippen LogP contribution in [-0.2, 0) is 39.0 Å². The minimum absolute atomic E-state index is 0. The first-order valence-electron chi connectivity index (χ1n) is 8.33. The first-order chi connectivity index (χ1) is 10.2. The summed E-state index contributed by atoms with van der Waals surface area (Å²) >= 11 is 0. The summed E-state index contributed by atoms with van der Waals surface area (Å²) in [5.74, 6) is 0. The fourth-order valence-corrected chi connectivity index (χ4v) is 9.33. The second-order valence-electron chi connectivity index (χ2n) is 7.40. The molecule has 4 rings (SSSR count). The number of rotatable bonds is 2. The Bertz CT molecular complexity index is 620. The molecule has 0 radical (unpaired) electrons. The first kappa shape index (κ1) is 21.6. The largest absolute Gasteiger partial charge is 4.00 e. The van der Waals surface area contributed by atoms with Gasteiger partial charge < -0.3 is 14.9 Å². The van der Waals surface area contributed by atoms with Gasteiger partial charge in [-0.1, -0.05) is 61.6 Å². The molecule has 24 heavy (non-hydrogen) atoms. The van der Waals surface area contributed by atoms with Crippen molar-refractivity contribution in [3.63, 3.8) is 0 Å². The summed E-state index contributed by atoms with van der Waals surface area (Å²) < 4.78 is 0. The van der Waals surface area contributed by atoms with Gasteiger partial charge in [0, 0.05) is 0 Å². The van der Waals surface area contributed by atoms with Crippen LogP contribution in [0.2, 0.25) is 13.1 Å². The summed E-state index contributed by atoms with van der Waals surface area (Å²) in [7, 11) is -1.34. The van der Waals surface area contributed by atoms with E-state index >= 15 is 0 Å². The van der Waals surface area contributed by atoms with Crippen molar-refractivity contribution in [3.05, 3.63) is 85.6 Å². The molecule has 0 saturated heterocycles. The molecule has 0 heterocycles. The van der Waals surface area contributed by atoms with Crippen LogP contribution in [0.15, 0.2) is 48.5 Å². The van der Waals surface area contributed by atoms with Crippen LogP contribution in [-0.4, -0.2) is 8.07 Å². The van der Waals surface area contributed by atoms with E-state index in [9.17, 15) is 0 Å². The molecule has 0 bridgehead atoms. The smallest absolute Gasteiger partial charge is 0.358 e. The molecule has 0 spiro atoms. The van der Waals surface area contributed by atoms with Crippen molar-refractivity contribution >= 4 is 8.07 Å². The van der Waals surface area contributed by atoms with Gasteiger partial charge in [0.05, 0.1) is 8.07 Å². The van der Waals surface area contributed by atoms with Gasteiger partial charge in [-0.3, -0.25) is 0 Å². The topological polar surface area (TPSA) is 0 Å². The summed E-state index contributed by atoms with van der Waals surface area (Å²) in [6.07, 6.45) is 5.37. The Balaban J connectivity index is 0.000000960. The molecule has 2 aliphatic carbocycles. The minimum atomic E-state index is -1.34. The van der Waals surface area contributed by atoms with Crippen molar-refractivity contribution in [2.45, 2.75) is 49.9 Å². The van der Waals surface area contributed by atoms with Gasteiger partial charge in [-0.15, -0.1) is 0 Å². The number of aryl methyl sites for hydroxylation is 2. The number of hydrogen-bond acceptors (Lipinski definition) is 0. The zero-order chi connectivity index (χ0) is 14.4. The molecule has 0 aliphatic heterocycles. The molecule has 0 saturated carbocycles. The zero-order valence-electron chi connectivity index (χ0n) is 15.6. The standard InChI is InChI=1S/C20H24Si.2CH3.Zr/c1-21(2,19-13-11-15-7-3-5-9-17(15)19)20-14-12-16-8-4-6-10-18(16)20;;;/h3-10,19-20H,11-14H2,1-2H3;2*1H3;/q;2*-1;+4. The van der Waals surface area contributed by atoms with Gasteiger partial charge in [0.2, 0.25) is 0 Å². The van der Waals surface area contributed by atoms with Crippen LogP contribution in [0.5, 0.6) is 0 Å². The average Bonchev–Trinajstić information content (AvgIpc) is 3.12. The molecule has 0 nitrogen and oxygen atoms in total. The maximum atomic E-state index is 2.65. The van der Waals surface area contributed by atoms with E-state index in [0.29, 0.717) is 0 Å². The fraction of sp³-hybridized carbons (Fsp3) is 0.364. The van der Waals surface area contributed by atoms with E-state index < -0.39 is 8.07 Å². The summed E-state index contributed by atoms with van der Waals surface area (Å²) in [5.41, 5.74) is 8.30. The van der Waals surface area contributed by atoms with Crippen LogP contribution in [0.3, 0.4) is 0 Å². The van der Waals surface area contributed by atoms with E-state index in [1.165, 1.54) is 25.7 Å². The van der Waals surface area contributed by atoms with Gasteiger partial charge >= 0.3 is 26.2 Å². The van der Waals surface area contributed by atoms with E-state index in [2.05, 4.69) is 61.6 Å². The van der Waals surface area contributed by atoms with Crippen LogP contribution in [0.25, 0.3) is 0 Å². The van der Waals surface area contributed by atoms with Gasteiger partial charge in [0.15, 0.2) is 0 Å². The summed E-state index contributed by atoms with van der Waals surface area (Å²) in [5, 5.41) is 0. The van der Waals surface area contributed by atoms with Crippen LogP contribution in [0, 0.1) is 14.9 Å². The van der Waals surface area contributed by atoms with E-state index in [4.69, 9.17) is 0 Å². The number of fused-ring (bicyclic) bond motifs is 2. The second-order valence-corrected chi connectivity index (χ2v) is 12.4. The maximum Gasteiger partial charge on any atom is 4.00 e. The first-order valence-corrected chi connectivity index (χ1v) is 11.5. The fourth-order valence-electron chi connectivity index (χ4n) is 4.90. The Kier molecular flexibility index (Phi) is 7.45. The molecule has 2 aliphatic rings. The molecule has 0 fully saturated rings. The van der Waals surface area contributed by atoms with Crippen molar-refractivity contribution in [2.24, 2.45) is 0 Å². The molecule has 2 atom stereocenters. The molecule has 124 valence electrons. The van der Waals surface area contributed by atoms with Crippen molar-refractivity contribution in [2.75, 3.05) is 0 Å². The molecular formula is C22H30SiZr+2. The van der Waals surface area contributed by atoms with Gasteiger partial charge in [-0.2, -0.15) is 0 Å². The van der Waals surface area contributed by atoms with Crippen molar-refractivity contribution in [1.29, 1.82) is 0 Å². The molecule has 2 aromatic carbocycles. The molecule has 2 heteroatoms.